The van der Waals surface area contributed by atoms with Crippen molar-refractivity contribution in [2.75, 3.05) is 0 Å². The summed E-state index contributed by atoms with van der Waals surface area (Å²) in [6.07, 6.45) is 4.26. The van der Waals surface area contributed by atoms with E-state index in [9.17, 15) is 4.79 Å². The number of carbonyl (C=O) groups excluding carboxylic acids is 1. The van der Waals surface area contributed by atoms with Crippen molar-refractivity contribution in [3.63, 3.8) is 0 Å². The van der Waals surface area contributed by atoms with Gasteiger partial charge >= 0.3 is 0 Å². The van der Waals surface area contributed by atoms with Crippen LogP contribution >= 0.6 is 0 Å². The highest BCUT2D eigenvalue weighted by Gasteiger charge is 2.11. The Morgan fingerprint density at radius 2 is 1.95 bits per heavy atom. The van der Waals surface area contributed by atoms with Gasteiger partial charge in [0, 0.05) is 18.0 Å². The van der Waals surface area contributed by atoms with E-state index in [2.05, 4.69) is 10.1 Å². The van der Waals surface area contributed by atoms with Crippen molar-refractivity contribution < 1.29 is 4.79 Å². The molecule has 0 atom stereocenters. The van der Waals surface area contributed by atoms with Crippen molar-refractivity contribution >= 4 is 6.29 Å². The van der Waals surface area contributed by atoms with Gasteiger partial charge in [-0.3, -0.25) is 4.79 Å². The average Bonchev–Trinajstić information content (AvgIpc) is 2.92. The highest BCUT2D eigenvalue weighted by Crippen LogP contribution is 2.21. The predicted molar refractivity (Wildman–Crippen MR) is 76.9 cm³/mol. The Labute approximate surface area is 116 Å². The molecule has 0 unspecified atom stereocenters. The molecule has 2 aromatic heterocycles. The molecule has 1 aromatic carbocycles. The van der Waals surface area contributed by atoms with E-state index in [0.29, 0.717) is 17.1 Å². The van der Waals surface area contributed by atoms with Gasteiger partial charge < -0.3 is 0 Å². The minimum absolute atomic E-state index is 0.555. The number of nitrogens with zero attached hydrogens (tertiary/aromatic N) is 3. The maximum absolute atomic E-state index is 11.2. The van der Waals surface area contributed by atoms with Crippen LogP contribution < -0.4 is 0 Å². The van der Waals surface area contributed by atoms with Crippen LogP contribution in [0.5, 0.6) is 0 Å². The number of aryl methyl sites for hydroxylation is 1. The molecular weight excluding hydrogens is 250 g/mol. The highest BCUT2D eigenvalue weighted by molar-refractivity contribution is 5.85. The number of aldehydes is 1. The number of aromatic nitrogens is 3. The standard InChI is InChI=1S/C16H13N3O/c1-12-7-8-17-15(9-12)19-10-14(11-20)16(18-19)13-5-3-2-4-6-13/h2-11H,1H3. The Morgan fingerprint density at radius 1 is 1.15 bits per heavy atom. The van der Waals surface area contributed by atoms with Gasteiger partial charge in [0.1, 0.15) is 5.69 Å². The van der Waals surface area contributed by atoms with Crippen molar-refractivity contribution in [1.29, 1.82) is 0 Å². The second kappa shape index (κ2) is 5.09. The maximum atomic E-state index is 11.2. The Kier molecular flexibility index (Phi) is 3.13. The summed E-state index contributed by atoms with van der Waals surface area (Å²) in [6, 6.07) is 13.5. The third kappa shape index (κ3) is 2.23. The first-order chi connectivity index (χ1) is 9.78. The smallest absolute Gasteiger partial charge is 0.153 e. The van der Waals surface area contributed by atoms with Gasteiger partial charge in [-0.2, -0.15) is 5.10 Å². The summed E-state index contributed by atoms with van der Waals surface area (Å²) in [4.78, 5) is 15.5. The summed E-state index contributed by atoms with van der Waals surface area (Å²) in [7, 11) is 0. The Morgan fingerprint density at radius 3 is 2.65 bits per heavy atom. The fourth-order valence-corrected chi connectivity index (χ4v) is 2.06. The largest absolute Gasteiger partial charge is 0.298 e. The zero-order chi connectivity index (χ0) is 13.9. The molecule has 0 N–H and O–H groups in total. The average molecular weight is 263 g/mol. The zero-order valence-electron chi connectivity index (χ0n) is 11.0. The molecule has 0 amide bonds. The number of benzene rings is 1. The summed E-state index contributed by atoms with van der Waals surface area (Å²) in [5, 5.41) is 4.49. The van der Waals surface area contributed by atoms with Crippen LogP contribution in [0.2, 0.25) is 0 Å². The molecular formula is C16H13N3O. The SMILES string of the molecule is Cc1ccnc(-n2cc(C=O)c(-c3ccccc3)n2)c1. The van der Waals surface area contributed by atoms with Crippen LogP contribution in [-0.4, -0.2) is 21.1 Å². The lowest BCUT2D eigenvalue weighted by molar-refractivity contribution is 0.112. The first kappa shape index (κ1) is 12.3. The van der Waals surface area contributed by atoms with Crippen LogP contribution in [0.4, 0.5) is 0 Å². The molecule has 2 heterocycles. The van der Waals surface area contributed by atoms with Gasteiger partial charge in [0.15, 0.2) is 12.1 Å². The Balaban J connectivity index is 2.12. The fraction of sp³-hybridized carbons (Fsp3) is 0.0625. The van der Waals surface area contributed by atoms with Crippen LogP contribution in [-0.2, 0) is 0 Å². The minimum Gasteiger partial charge on any atom is -0.298 e. The molecule has 20 heavy (non-hydrogen) atoms. The van der Waals surface area contributed by atoms with E-state index in [0.717, 1.165) is 17.4 Å². The second-order valence-corrected chi connectivity index (χ2v) is 4.55. The molecule has 0 fully saturated rings. The van der Waals surface area contributed by atoms with Gasteiger partial charge in [-0.25, -0.2) is 9.67 Å². The predicted octanol–water partition coefficient (Wildman–Crippen LogP) is 3.06. The molecule has 0 saturated carbocycles. The third-order valence-corrected chi connectivity index (χ3v) is 3.05. The van der Waals surface area contributed by atoms with Gasteiger partial charge in [-0.05, 0) is 24.6 Å². The van der Waals surface area contributed by atoms with E-state index in [1.165, 1.54) is 0 Å². The summed E-state index contributed by atoms with van der Waals surface area (Å²) in [6.45, 7) is 1.99. The molecule has 0 aliphatic rings. The minimum atomic E-state index is 0.555. The van der Waals surface area contributed by atoms with Crippen LogP contribution in [0.25, 0.3) is 17.1 Å². The highest BCUT2D eigenvalue weighted by atomic mass is 16.1. The van der Waals surface area contributed by atoms with Crippen molar-refractivity contribution in [1.82, 2.24) is 14.8 Å². The summed E-state index contributed by atoms with van der Waals surface area (Å²) in [5.41, 5.74) is 3.24. The maximum Gasteiger partial charge on any atom is 0.153 e. The lowest BCUT2D eigenvalue weighted by atomic mass is 10.1. The van der Waals surface area contributed by atoms with Crippen LogP contribution in [0.1, 0.15) is 15.9 Å². The quantitative estimate of drug-likeness (QED) is 0.682. The molecule has 0 saturated heterocycles. The Bertz CT molecular complexity index is 747. The van der Waals surface area contributed by atoms with Gasteiger partial charge in [0.2, 0.25) is 0 Å². The Hall–Kier alpha value is -2.75. The second-order valence-electron chi connectivity index (χ2n) is 4.55. The van der Waals surface area contributed by atoms with Crippen molar-refractivity contribution in [2.24, 2.45) is 0 Å². The molecule has 0 spiro atoms. The van der Waals surface area contributed by atoms with E-state index < -0.39 is 0 Å². The molecule has 3 rings (SSSR count). The molecule has 0 bridgehead atoms. The summed E-state index contributed by atoms with van der Waals surface area (Å²) < 4.78 is 1.64. The molecule has 4 heteroatoms. The number of hydrogen-bond acceptors (Lipinski definition) is 3. The zero-order valence-corrected chi connectivity index (χ0v) is 11.0. The number of carbonyl (C=O) groups is 1. The number of pyridine rings is 1. The first-order valence-electron chi connectivity index (χ1n) is 6.31. The van der Waals surface area contributed by atoms with E-state index in [-0.39, 0.29) is 0 Å². The van der Waals surface area contributed by atoms with Crippen LogP contribution in [0.15, 0.2) is 54.9 Å². The summed E-state index contributed by atoms with van der Waals surface area (Å²) in [5.74, 6) is 0.704. The van der Waals surface area contributed by atoms with Gasteiger partial charge in [-0.1, -0.05) is 30.3 Å². The molecule has 3 aromatic rings. The van der Waals surface area contributed by atoms with E-state index >= 15 is 0 Å². The molecule has 0 aliphatic carbocycles. The van der Waals surface area contributed by atoms with Crippen LogP contribution in [0, 0.1) is 6.92 Å². The van der Waals surface area contributed by atoms with E-state index in [1.54, 1.807) is 17.1 Å². The number of rotatable bonds is 3. The molecule has 0 radical (unpaired) electrons. The monoisotopic (exact) mass is 263 g/mol. The topological polar surface area (TPSA) is 47.8 Å². The lowest BCUT2D eigenvalue weighted by Gasteiger charge is -2.01. The third-order valence-electron chi connectivity index (χ3n) is 3.05. The molecule has 4 nitrogen and oxygen atoms in total. The lowest BCUT2D eigenvalue weighted by Crippen LogP contribution is -1.98. The summed E-state index contributed by atoms with van der Waals surface area (Å²) >= 11 is 0. The molecule has 98 valence electrons. The van der Waals surface area contributed by atoms with Gasteiger partial charge in [0.05, 0.1) is 5.56 Å². The van der Waals surface area contributed by atoms with E-state index in [4.69, 9.17) is 0 Å². The van der Waals surface area contributed by atoms with Gasteiger partial charge in [-0.15, -0.1) is 0 Å². The van der Waals surface area contributed by atoms with Crippen molar-refractivity contribution in [3.05, 3.63) is 66.0 Å². The van der Waals surface area contributed by atoms with Crippen molar-refractivity contribution in [2.45, 2.75) is 6.92 Å². The molecule has 0 aliphatic heterocycles. The fourth-order valence-electron chi connectivity index (χ4n) is 2.06. The van der Waals surface area contributed by atoms with Crippen molar-refractivity contribution in [3.8, 4) is 17.1 Å². The van der Waals surface area contributed by atoms with Gasteiger partial charge in [0.25, 0.3) is 0 Å². The normalized spacial score (nSPS) is 10.4. The first-order valence-corrected chi connectivity index (χ1v) is 6.31. The van der Waals surface area contributed by atoms with Crippen LogP contribution in [0.3, 0.4) is 0 Å². The van der Waals surface area contributed by atoms with E-state index in [1.807, 2.05) is 49.4 Å². The number of hydrogen-bond donors (Lipinski definition) is 0.